The first-order chi connectivity index (χ1) is 31.0. The van der Waals surface area contributed by atoms with E-state index in [0.717, 1.165) is 101 Å². The third-order valence-electron chi connectivity index (χ3n) is 12.1. The number of benzene rings is 7. The van der Waals surface area contributed by atoms with Crippen LogP contribution in [0.25, 0.3) is 101 Å². The molecule has 0 radical (unpaired) electrons. The van der Waals surface area contributed by atoms with Gasteiger partial charge in [-0.05, 0) is 124 Å². The van der Waals surface area contributed by atoms with Gasteiger partial charge in [0.15, 0.2) is 0 Å². The Balaban J connectivity index is 0.00000518. The monoisotopic (exact) mass is 823 g/mol. The second-order valence-electron chi connectivity index (χ2n) is 16.2. The fraction of sp³-hybridized carbons (Fsp3) is 0.0656. The molecule has 64 heavy (non-hydrogen) atoms. The summed E-state index contributed by atoms with van der Waals surface area (Å²) in [6.45, 7) is 6.56. The Morgan fingerprint density at radius 3 is 0.719 bits per heavy atom. The molecule has 3 heterocycles. The van der Waals surface area contributed by atoms with Gasteiger partial charge >= 0.3 is 0 Å². The molecule has 308 valence electrons. The second kappa shape index (κ2) is 18.1. The molecule has 3 nitrogen and oxygen atoms in total. The third kappa shape index (κ3) is 8.20. The molecule has 3 heteroatoms. The van der Waals surface area contributed by atoms with Crippen molar-refractivity contribution in [2.75, 3.05) is 0 Å². The van der Waals surface area contributed by atoms with Gasteiger partial charge in [-0.15, -0.1) is 0 Å². The Hall–Kier alpha value is -8.01. The highest BCUT2D eigenvalue weighted by atomic mass is 14.7. The SMILES string of the molecule is C.Cc1cc(-c2ccccc2)ncc1-c1ccccc1-c1cc(-c2ccccc2-c2cnc(-c3ccccc3)cc2C)cc(-c2ccccc2-c2cnc(-c3ccccc3)cc2C)c1. The van der Waals surface area contributed by atoms with E-state index in [2.05, 4.69) is 203 Å². The van der Waals surface area contributed by atoms with Gasteiger partial charge in [0.1, 0.15) is 0 Å². The fourth-order valence-electron chi connectivity index (χ4n) is 8.82. The van der Waals surface area contributed by atoms with Crippen LogP contribution in [-0.2, 0) is 0 Å². The Morgan fingerprint density at radius 2 is 0.469 bits per heavy atom. The molecule has 10 rings (SSSR count). The average molecular weight is 824 g/mol. The lowest BCUT2D eigenvalue weighted by Gasteiger charge is -2.19. The van der Waals surface area contributed by atoms with Crippen LogP contribution in [0.1, 0.15) is 24.1 Å². The molecule has 0 fully saturated rings. The summed E-state index contributed by atoms with van der Waals surface area (Å²) >= 11 is 0. The third-order valence-corrected chi connectivity index (χ3v) is 12.1. The van der Waals surface area contributed by atoms with Crippen LogP contribution in [0.15, 0.2) is 219 Å². The summed E-state index contributed by atoms with van der Waals surface area (Å²) in [4.78, 5) is 15.0. The van der Waals surface area contributed by atoms with Gasteiger partial charge < -0.3 is 0 Å². The number of hydrogen-bond acceptors (Lipinski definition) is 3. The summed E-state index contributed by atoms with van der Waals surface area (Å²) in [6, 6.07) is 71.1. The van der Waals surface area contributed by atoms with Crippen LogP contribution in [0.2, 0.25) is 0 Å². The standard InChI is InChI=1S/C60H45N3.CH4/c1-40-31-58(43-19-7-4-8-20-43)61-37-55(40)52-28-16-13-25-49(52)46-34-47(50-26-14-17-29-53(50)56-38-62-59(32-41(56)2)44-21-9-5-10-22-44)36-48(35-46)51-27-15-18-30-54(51)57-39-63-60(33-42(57)3)45-23-11-6-12-24-45;/h4-39H,1-3H3;1H4. The van der Waals surface area contributed by atoms with Crippen LogP contribution < -0.4 is 0 Å². The zero-order valence-electron chi connectivity index (χ0n) is 35.6. The molecular weight excluding hydrogens is 775 g/mol. The summed E-state index contributed by atoms with van der Waals surface area (Å²) in [5.41, 5.74) is 23.3. The minimum atomic E-state index is 0. The average Bonchev–Trinajstić information content (AvgIpc) is 3.34. The van der Waals surface area contributed by atoms with Crippen LogP contribution >= 0.6 is 0 Å². The van der Waals surface area contributed by atoms with Gasteiger partial charge in [-0.1, -0.05) is 171 Å². The first-order valence-corrected chi connectivity index (χ1v) is 21.5. The summed E-state index contributed by atoms with van der Waals surface area (Å²) in [6.07, 6.45) is 6.11. The lowest BCUT2D eigenvalue weighted by Crippen LogP contribution is -1.95. The van der Waals surface area contributed by atoms with Crippen LogP contribution in [0.3, 0.4) is 0 Å². The van der Waals surface area contributed by atoms with Crippen molar-refractivity contribution in [2.45, 2.75) is 28.2 Å². The minimum Gasteiger partial charge on any atom is -0.256 e. The van der Waals surface area contributed by atoms with E-state index in [9.17, 15) is 0 Å². The first-order valence-electron chi connectivity index (χ1n) is 21.5. The van der Waals surface area contributed by atoms with E-state index in [1.54, 1.807) is 0 Å². The van der Waals surface area contributed by atoms with Gasteiger partial charge in [0.2, 0.25) is 0 Å². The number of pyridine rings is 3. The molecule has 0 aliphatic carbocycles. The van der Waals surface area contributed by atoms with Crippen molar-refractivity contribution in [3.63, 3.8) is 0 Å². The van der Waals surface area contributed by atoms with Crippen LogP contribution in [0, 0.1) is 20.8 Å². The van der Waals surface area contributed by atoms with Crippen molar-refractivity contribution in [3.8, 4) is 101 Å². The Labute approximate surface area is 377 Å². The van der Waals surface area contributed by atoms with Crippen molar-refractivity contribution in [1.29, 1.82) is 0 Å². The zero-order valence-corrected chi connectivity index (χ0v) is 35.6. The van der Waals surface area contributed by atoms with E-state index in [-0.39, 0.29) is 7.43 Å². The molecule has 0 atom stereocenters. The lowest BCUT2D eigenvalue weighted by molar-refractivity contribution is 1.28. The molecule has 0 unspecified atom stereocenters. The highest BCUT2D eigenvalue weighted by molar-refractivity contribution is 5.95. The van der Waals surface area contributed by atoms with Gasteiger partial charge in [-0.25, -0.2) is 0 Å². The molecule has 0 saturated carbocycles. The summed E-state index contributed by atoms with van der Waals surface area (Å²) in [5.74, 6) is 0. The molecule has 0 aliphatic heterocycles. The van der Waals surface area contributed by atoms with E-state index in [1.165, 1.54) is 16.7 Å². The predicted octanol–water partition coefficient (Wildman–Crippen LogP) is 16.4. The first kappa shape index (κ1) is 41.3. The molecule has 7 aromatic carbocycles. The van der Waals surface area contributed by atoms with Gasteiger partial charge in [0.25, 0.3) is 0 Å². The Morgan fingerprint density at radius 1 is 0.234 bits per heavy atom. The lowest BCUT2D eigenvalue weighted by atomic mass is 9.85. The van der Waals surface area contributed by atoms with Gasteiger partial charge in [0, 0.05) is 52.0 Å². The fourth-order valence-corrected chi connectivity index (χ4v) is 8.82. The summed E-state index contributed by atoms with van der Waals surface area (Å²) < 4.78 is 0. The number of rotatable bonds is 9. The Bertz CT molecular complexity index is 2880. The van der Waals surface area contributed by atoms with Crippen molar-refractivity contribution >= 4 is 0 Å². The molecule has 3 aromatic heterocycles. The second-order valence-corrected chi connectivity index (χ2v) is 16.2. The molecule has 0 spiro atoms. The summed E-state index contributed by atoms with van der Waals surface area (Å²) in [7, 11) is 0. The molecule has 0 bridgehead atoms. The van der Waals surface area contributed by atoms with Gasteiger partial charge in [0.05, 0.1) is 17.1 Å². The molecule has 0 amide bonds. The van der Waals surface area contributed by atoms with E-state index in [1.807, 2.05) is 36.8 Å². The van der Waals surface area contributed by atoms with Crippen molar-refractivity contribution in [2.24, 2.45) is 0 Å². The molecule has 10 aromatic rings. The number of aromatic nitrogens is 3. The maximum atomic E-state index is 5.00. The quantitative estimate of drug-likeness (QED) is 0.146. The number of hydrogen-bond donors (Lipinski definition) is 0. The van der Waals surface area contributed by atoms with Crippen molar-refractivity contribution < 1.29 is 0 Å². The zero-order chi connectivity index (χ0) is 42.7. The van der Waals surface area contributed by atoms with Crippen molar-refractivity contribution in [1.82, 2.24) is 15.0 Å². The van der Waals surface area contributed by atoms with Gasteiger partial charge in [-0.3, -0.25) is 15.0 Å². The molecule has 0 saturated heterocycles. The van der Waals surface area contributed by atoms with E-state index < -0.39 is 0 Å². The highest BCUT2D eigenvalue weighted by Crippen LogP contribution is 2.43. The maximum Gasteiger partial charge on any atom is 0.0705 e. The van der Waals surface area contributed by atoms with Crippen LogP contribution in [0.5, 0.6) is 0 Å². The van der Waals surface area contributed by atoms with E-state index in [0.29, 0.717) is 0 Å². The smallest absolute Gasteiger partial charge is 0.0705 e. The molecular formula is C61H49N3. The maximum absolute atomic E-state index is 5.00. The topological polar surface area (TPSA) is 38.7 Å². The van der Waals surface area contributed by atoms with Crippen LogP contribution in [0.4, 0.5) is 0 Å². The van der Waals surface area contributed by atoms with Crippen LogP contribution in [-0.4, -0.2) is 15.0 Å². The normalized spacial score (nSPS) is 10.9. The predicted molar refractivity (Wildman–Crippen MR) is 270 cm³/mol. The Kier molecular flexibility index (Phi) is 11.7. The molecule has 0 aliphatic rings. The number of aryl methyl sites for hydroxylation is 3. The summed E-state index contributed by atoms with van der Waals surface area (Å²) in [5, 5.41) is 0. The minimum absolute atomic E-state index is 0. The molecule has 0 N–H and O–H groups in total. The number of nitrogens with zero attached hydrogens (tertiary/aromatic N) is 3. The highest BCUT2D eigenvalue weighted by Gasteiger charge is 2.19. The van der Waals surface area contributed by atoms with E-state index >= 15 is 0 Å². The largest absolute Gasteiger partial charge is 0.256 e. The van der Waals surface area contributed by atoms with Gasteiger partial charge in [-0.2, -0.15) is 0 Å². The van der Waals surface area contributed by atoms with Crippen molar-refractivity contribution in [3.05, 3.63) is 235 Å². The van der Waals surface area contributed by atoms with E-state index in [4.69, 9.17) is 15.0 Å².